The zero-order valence-corrected chi connectivity index (χ0v) is 12.2. The lowest BCUT2D eigenvalue weighted by molar-refractivity contribution is -0.116. The lowest BCUT2D eigenvalue weighted by atomic mass is 10.2. The fourth-order valence-electron chi connectivity index (χ4n) is 1.85. The van der Waals surface area contributed by atoms with Gasteiger partial charge in [-0.15, -0.1) is 0 Å². The number of halogens is 1. The third-order valence-corrected chi connectivity index (χ3v) is 3.15. The topological polar surface area (TPSA) is 42.2 Å². The second kappa shape index (κ2) is 6.44. The molecule has 0 aliphatic rings. The second-order valence-corrected chi connectivity index (χ2v) is 4.98. The molecule has 0 saturated heterocycles. The minimum Gasteiger partial charge on any atom is -0.466 e. The van der Waals surface area contributed by atoms with Gasteiger partial charge < -0.3 is 9.73 Å². The van der Waals surface area contributed by atoms with Crippen molar-refractivity contribution in [1.29, 1.82) is 0 Å². The number of benzene rings is 1. The van der Waals surface area contributed by atoms with Gasteiger partial charge in [-0.3, -0.25) is 4.79 Å². The summed E-state index contributed by atoms with van der Waals surface area (Å²) in [6.07, 6.45) is 3.25. The average Bonchev–Trinajstić information content (AvgIpc) is 2.74. The van der Waals surface area contributed by atoms with E-state index in [1.165, 1.54) is 6.08 Å². The molecule has 20 heavy (non-hydrogen) atoms. The summed E-state index contributed by atoms with van der Waals surface area (Å²) in [5.41, 5.74) is 1.93. The van der Waals surface area contributed by atoms with Crippen molar-refractivity contribution in [3.8, 4) is 0 Å². The number of amides is 1. The zero-order valence-electron chi connectivity index (χ0n) is 11.4. The molecular weight excluding hydrogens is 274 g/mol. The van der Waals surface area contributed by atoms with Crippen molar-refractivity contribution in [2.45, 2.75) is 20.4 Å². The van der Waals surface area contributed by atoms with Gasteiger partial charge in [0, 0.05) is 23.2 Å². The van der Waals surface area contributed by atoms with Crippen molar-refractivity contribution in [1.82, 2.24) is 5.32 Å². The number of rotatable bonds is 4. The van der Waals surface area contributed by atoms with Crippen LogP contribution in [0.25, 0.3) is 6.08 Å². The molecule has 3 nitrogen and oxygen atoms in total. The van der Waals surface area contributed by atoms with E-state index in [4.69, 9.17) is 16.0 Å². The van der Waals surface area contributed by atoms with Crippen LogP contribution in [0.2, 0.25) is 5.02 Å². The molecule has 0 spiro atoms. The maximum absolute atomic E-state index is 11.7. The summed E-state index contributed by atoms with van der Waals surface area (Å²) in [6.45, 7) is 4.24. The summed E-state index contributed by atoms with van der Waals surface area (Å²) in [5, 5.41) is 3.50. The summed E-state index contributed by atoms with van der Waals surface area (Å²) in [7, 11) is 0. The van der Waals surface area contributed by atoms with Gasteiger partial charge in [-0.1, -0.05) is 23.7 Å². The highest BCUT2D eigenvalue weighted by atomic mass is 35.5. The summed E-state index contributed by atoms with van der Waals surface area (Å²) >= 11 is 5.80. The lowest BCUT2D eigenvalue weighted by Gasteiger charge is -2.00. The van der Waals surface area contributed by atoms with E-state index in [0.717, 1.165) is 22.6 Å². The van der Waals surface area contributed by atoms with E-state index >= 15 is 0 Å². The number of aryl methyl sites for hydroxylation is 2. The first-order chi connectivity index (χ1) is 9.54. The van der Waals surface area contributed by atoms with Crippen molar-refractivity contribution in [2.75, 3.05) is 0 Å². The predicted octanol–water partition coefficient (Wildman–Crippen LogP) is 3.88. The Morgan fingerprint density at radius 1 is 1.30 bits per heavy atom. The number of carbonyl (C=O) groups excluding carboxylic acids is 1. The molecule has 0 bridgehead atoms. The van der Waals surface area contributed by atoms with Crippen molar-refractivity contribution < 1.29 is 9.21 Å². The molecular formula is C16H16ClNO2. The highest BCUT2D eigenvalue weighted by Gasteiger charge is 2.05. The summed E-state index contributed by atoms with van der Waals surface area (Å²) in [5.74, 6) is 1.55. The van der Waals surface area contributed by atoms with Crippen molar-refractivity contribution >= 4 is 23.6 Å². The zero-order chi connectivity index (χ0) is 14.5. The molecule has 0 atom stereocenters. The van der Waals surface area contributed by atoms with E-state index in [2.05, 4.69) is 5.32 Å². The quantitative estimate of drug-likeness (QED) is 0.868. The second-order valence-electron chi connectivity index (χ2n) is 4.54. The molecule has 0 aliphatic carbocycles. The monoisotopic (exact) mass is 289 g/mol. The Labute approximate surface area is 123 Å². The van der Waals surface area contributed by atoms with E-state index in [-0.39, 0.29) is 5.91 Å². The molecule has 0 fully saturated rings. The van der Waals surface area contributed by atoms with Crippen LogP contribution < -0.4 is 5.32 Å². The third kappa shape index (κ3) is 4.00. The summed E-state index contributed by atoms with van der Waals surface area (Å²) in [6, 6.07) is 9.22. The Balaban J connectivity index is 1.89. The number of carbonyl (C=O) groups is 1. The minimum atomic E-state index is -0.141. The lowest BCUT2D eigenvalue weighted by Crippen LogP contribution is -2.20. The van der Waals surface area contributed by atoms with Gasteiger partial charge >= 0.3 is 0 Å². The van der Waals surface area contributed by atoms with Gasteiger partial charge in [-0.05, 0) is 43.7 Å². The molecule has 2 rings (SSSR count). The van der Waals surface area contributed by atoms with Gasteiger partial charge in [0.1, 0.15) is 11.5 Å². The molecule has 0 unspecified atom stereocenters. The number of furan rings is 1. The van der Waals surface area contributed by atoms with Crippen LogP contribution in [-0.4, -0.2) is 5.91 Å². The largest absolute Gasteiger partial charge is 0.466 e. The van der Waals surface area contributed by atoms with Gasteiger partial charge in [0.15, 0.2) is 0 Å². The molecule has 1 N–H and O–H groups in total. The molecule has 1 heterocycles. The number of nitrogens with one attached hydrogen (secondary N) is 1. The number of hydrogen-bond acceptors (Lipinski definition) is 2. The Bertz CT molecular complexity index is 626. The molecule has 2 aromatic rings. The Morgan fingerprint density at radius 3 is 2.60 bits per heavy atom. The average molecular weight is 290 g/mol. The van der Waals surface area contributed by atoms with Crippen LogP contribution in [0.5, 0.6) is 0 Å². The van der Waals surface area contributed by atoms with Crippen LogP contribution in [0, 0.1) is 13.8 Å². The number of hydrogen-bond donors (Lipinski definition) is 1. The maximum atomic E-state index is 11.7. The van der Waals surface area contributed by atoms with E-state index in [9.17, 15) is 4.79 Å². The highest BCUT2D eigenvalue weighted by molar-refractivity contribution is 6.30. The van der Waals surface area contributed by atoms with Crippen LogP contribution in [0.4, 0.5) is 0 Å². The van der Waals surface area contributed by atoms with E-state index in [0.29, 0.717) is 11.6 Å². The van der Waals surface area contributed by atoms with Crippen LogP contribution in [-0.2, 0) is 11.3 Å². The summed E-state index contributed by atoms with van der Waals surface area (Å²) in [4.78, 5) is 11.7. The molecule has 104 valence electrons. The molecule has 1 aromatic heterocycles. The molecule has 4 heteroatoms. The first-order valence-electron chi connectivity index (χ1n) is 6.32. The SMILES string of the molecule is Cc1cc(CNC(=O)/C=C/c2ccc(Cl)cc2)c(C)o1. The first-order valence-corrected chi connectivity index (χ1v) is 6.70. The Morgan fingerprint density at radius 2 is 2.00 bits per heavy atom. The van der Waals surface area contributed by atoms with Crippen molar-refractivity contribution in [2.24, 2.45) is 0 Å². The fraction of sp³-hybridized carbons (Fsp3) is 0.188. The van der Waals surface area contributed by atoms with Crippen LogP contribution in [0.15, 0.2) is 40.8 Å². The van der Waals surface area contributed by atoms with Gasteiger partial charge in [-0.2, -0.15) is 0 Å². The van der Waals surface area contributed by atoms with Crippen LogP contribution in [0.1, 0.15) is 22.6 Å². The van der Waals surface area contributed by atoms with Crippen LogP contribution >= 0.6 is 11.6 Å². The molecule has 0 aliphatic heterocycles. The van der Waals surface area contributed by atoms with Crippen LogP contribution in [0.3, 0.4) is 0 Å². The fourth-order valence-corrected chi connectivity index (χ4v) is 1.97. The van der Waals surface area contributed by atoms with E-state index in [1.54, 1.807) is 18.2 Å². The maximum Gasteiger partial charge on any atom is 0.244 e. The Kier molecular flexibility index (Phi) is 4.64. The smallest absolute Gasteiger partial charge is 0.244 e. The van der Waals surface area contributed by atoms with Gasteiger partial charge in [-0.25, -0.2) is 0 Å². The first kappa shape index (κ1) is 14.4. The predicted molar refractivity (Wildman–Crippen MR) is 80.5 cm³/mol. The standard InChI is InChI=1S/C16H16ClNO2/c1-11-9-14(12(2)20-11)10-18-16(19)8-5-13-3-6-15(17)7-4-13/h3-9H,10H2,1-2H3,(H,18,19)/b8-5+. The summed E-state index contributed by atoms with van der Waals surface area (Å²) < 4.78 is 5.41. The normalized spacial score (nSPS) is 10.9. The van der Waals surface area contributed by atoms with Gasteiger partial charge in [0.25, 0.3) is 0 Å². The van der Waals surface area contributed by atoms with E-state index in [1.807, 2.05) is 32.0 Å². The van der Waals surface area contributed by atoms with Gasteiger partial charge in [0.2, 0.25) is 5.91 Å². The van der Waals surface area contributed by atoms with Crippen molar-refractivity contribution in [3.63, 3.8) is 0 Å². The highest BCUT2D eigenvalue weighted by Crippen LogP contribution is 2.13. The van der Waals surface area contributed by atoms with Crippen molar-refractivity contribution in [3.05, 3.63) is 64.1 Å². The minimum absolute atomic E-state index is 0.141. The third-order valence-electron chi connectivity index (χ3n) is 2.89. The molecule has 0 radical (unpaired) electrons. The molecule has 0 saturated carbocycles. The molecule has 1 amide bonds. The van der Waals surface area contributed by atoms with E-state index < -0.39 is 0 Å². The molecule has 1 aromatic carbocycles. The Hall–Kier alpha value is -2.00. The van der Waals surface area contributed by atoms with Gasteiger partial charge in [0.05, 0.1) is 0 Å².